The zero-order chi connectivity index (χ0) is 17.3. The van der Waals surface area contributed by atoms with Crippen molar-refractivity contribution in [3.8, 4) is 5.75 Å². The maximum absolute atomic E-state index is 6.04. The Kier molecular flexibility index (Phi) is 3.60. The number of hydrogen-bond donors (Lipinski definition) is 1. The molecule has 0 saturated heterocycles. The van der Waals surface area contributed by atoms with Gasteiger partial charge in [-0.3, -0.25) is 0 Å². The topological polar surface area (TPSA) is 21.3 Å². The van der Waals surface area contributed by atoms with Crippen molar-refractivity contribution in [2.75, 3.05) is 5.32 Å². The number of hydrogen-bond acceptors (Lipinski definition) is 2. The third-order valence-corrected chi connectivity index (χ3v) is 5.00. The van der Waals surface area contributed by atoms with Gasteiger partial charge in [0.25, 0.3) is 0 Å². The molecule has 0 spiro atoms. The van der Waals surface area contributed by atoms with Gasteiger partial charge in [0.1, 0.15) is 11.9 Å². The first-order chi connectivity index (χ1) is 12.9. The summed E-state index contributed by atoms with van der Waals surface area (Å²) in [4.78, 5) is 0. The number of ether oxygens (including phenoxy) is 1. The molecule has 0 fully saturated rings. The molecule has 3 aromatic rings. The van der Waals surface area contributed by atoms with E-state index >= 15 is 0 Å². The first-order valence-electron chi connectivity index (χ1n) is 8.95. The third kappa shape index (κ3) is 2.70. The quantitative estimate of drug-likeness (QED) is 0.640. The molecule has 1 aliphatic carbocycles. The van der Waals surface area contributed by atoms with E-state index in [1.165, 1.54) is 16.7 Å². The van der Waals surface area contributed by atoms with Gasteiger partial charge in [-0.05, 0) is 47.5 Å². The van der Waals surface area contributed by atoms with Crippen LogP contribution in [0.5, 0.6) is 5.75 Å². The number of nitrogens with one attached hydrogen (secondary N) is 1. The van der Waals surface area contributed by atoms with E-state index in [9.17, 15) is 0 Å². The van der Waals surface area contributed by atoms with Crippen LogP contribution >= 0.6 is 0 Å². The molecule has 0 bridgehead atoms. The summed E-state index contributed by atoms with van der Waals surface area (Å²) in [6.45, 7) is 0. The van der Waals surface area contributed by atoms with Gasteiger partial charge in [-0.25, -0.2) is 0 Å². The number of fused-ring (bicyclic) bond motifs is 3. The molecule has 3 aromatic carbocycles. The minimum atomic E-state index is 0.121. The fourth-order valence-electron chi connectivity index (χ4n) is 3.68. The van der Waals surface area contributed by atoms with Gasteiger partial charge in [0.2, 0.25) is 0 Å². The van der Waals surface area contributed by atoms with Crippen LogP contribution in [0.4, 0.5) is 11.4 Å². The predicted molar refractivity (Wildman–Crippen MR) is 107 cm³/mol. The van der Waals surface area contributed by atoms with Crippen LogP contribution in [0.25, 0.3) is 5.57 Å². The van der Waals surface area contributed by atoms with Crippen LogP contribution in [-0.4, -0.2) is 6.10 Å². The lowest BCUT2D eigenvalue weighted by atomic mass is 9.87. The summed E-state index contributed by atoms with van der Waals surface area (Å²) in [5.41, 5.74) is 5.94. The van der Waals surface area contributed by atoms with Crippen molar-refractivity contribution in [3.63, 3.8) is 0 Å². The van der Waals surface area contributed by atoms with Crippen LogP contribution in [0.3, 0.4) is 0 Å². The minimum absolute atomic E-state index is 0.121. The predicted octanol–water partition coefficient (Wildman–Crippen LogP) is 5.93. The van der Waals surface area contributed by atoms with Crippen molar-refractivity contribution < 1.29 is 4.74 Å². The summed E-state index contributed by atoms with van der Waals surface area (Å²) in [6.07, 6.45) is 6.80. The van der Waals surface area contributed by atoms with Crippen LogP contribution in [0.2, 0.25) is 0 Å². The zero-order valence-electron chi connectivity index (χ0n) is 14.3. The lowest BCUT2D eigenvalue weighted by Crippen LogP contribution is -2.16. The molecule has 5 rings (SSSR count). The molecular weight excluding hydrogens is 318 g/mol. The lowest BCUT2D eigenvalue weighted by molar-refractivity contribution is 0.269. The van der Waals surface area contributed by atoms with Crippen molar-refractivity contribution in [2.45, 2.75) is 12.0 Å². The second kappa shape index (κ2) is 6.23. The van der Waals surface area contributed by atoms with E-state index in [1.807, 2.05) is 24.3 Å². The van der Waals surface area contributed by atoms with Crippen molar-refractivity contribution in [2.24, 2.45) is 0 Å². The van der Waals surface area contributed by atoms with Gasteiger partial charge in [-0.1, -0.05) is 60.7 Å². The van der Waals surface area contributed by atoms with E-state index in [2.05, 4.69) is 78.1 Å². The largest absolute Gasteiger partial charge is 0.485 e. The Labute approximate surface area is 153 Å². The zero-order valence-corrected chi connectivity index (χ0v) is 14.3. The molecule has 2 atom stereocenters. The van der Waals surface area contributed by atoms with Gasteiger partial charge in [-0.2, -0.15) is 0 Å². The van der Waals surface area contributed by atoms with Crippen LogP contribution in [-0.2, 0) is 0 Å². The molecule has 2 aliphatic rings. The molecule has 0 amide bonds. The molecule has 0 aromatic heterocycles. The van der Waals surface area contributed by atoms with Crippen LogP contribution in [0.1, 0.15) is 17.0 Å². The standard InChI is InChI=1S/C24H19NO/c1-2-6-19(7-3-1)25-20-13-10-17(11-14-20)18-12-15-24-22(16-18)21-8-4-5-9-23(21)26-24/h1-16,22,24-25H. The summed E-state index contributed by atoms with van der Waals surface area (Å²) in [5, 5.41) is 3.43. The Hall–Kier alpha value is -3.26. The first kappa shape index (κ1) is 15.0. The summed E-state index contributed by atoms with van der Waals surface area (Å²) in [7, 11) is 0. The molecule has 1 N–H and O–H groups in total. The molecule has 0 saturated carbocycles. The minimum Gasteiger partial charge on any atom is -0.485 e. The Morgan fingerprint density at radius 2 is 1.46 bits per heavy atom. The number of rotatable bonds is 3. The molecule has 26 heavy (non-hydrogen) atoms. The molecule has 1 aliphatic heterocycles. The highest BCUT2D eigenvalue weighted by molar-refractivity contribution is 5.78. The molecular formula is C24H19NO. The van der Waals surface area contributed by atoms with Gasteiger partial charge in [0.15, 0.2) is 0 Å². The van der Waals surface area contributed by atoms with Crippen molar-refractivity contribution in [1.29, 1.82) is 0 Å². The molecule has 2 heteroatoms. The van der Waals surface area contributed by atoms with Crippen LogP contribution < -0.4 is 10.1 Å². The average molecular weight is 337 g/mol. The second-order valence-electron chi connectivity index (χ2n) is 6.70. The maximum Gasteiger partial charge on any atom is 0.128 e. The van der Waals surface area contributed by atoms with Gasteiger partial charge in [0, 0.05) is 22.9 Å². The molecule has 0 radical (unpaired) electrons. The highest BCUT2D eigenvalue weighted by Gasteiger charge is 2.32. The van der Waals surface area contributed by atoms with E-state index in [4.69, 9.17) is 4.74 Å². The van der Waals surface area contributed by atoms with E-state index in [-0.39, 0.29) is 6.10 Å². The Morgan fingerprint density at radius 1 is 0.731 bits per heavy atom. The van der Waals surface area contributed by atoms with Gasteiger partial charge in [-0.15, -0.1) is 0 Å². The first-order valence-corrected chi connectivity index (χ1v) is 8.95. The summed E-state index contributed by atoms with van der Waals surface area (Å²) >= 11 is 0. The number of para-hydroxylation sites is 2. The lowest BCUT2D eigenvalue weighted by Gasteiger charge is -2.19. The van der Waals surface area contributed by atoms with E-state index in [0.29, 0.717) is 5.92 Å². The van der Waals surface area contributed by atoms with Crippen molar-refractivity contribution in [1.82, 2.24) is 0 Å². The molecule has 2 unspecified atom stereocenters. The monoisotopic (exact) mass is 337 g/mol. The number of allylic oxidation sites excluding steroid dienone is 2. The van der Waals surface area contributed by atoms with Gasteiger partial charge >= 0.3 is 0 Å². The Morgan fingerprint density at radius 3 is 2.31 bits per heavy atom. The van der Waals surface area contributed by atoms with Crippen molar-refractivity contribution in [3.05, 3.63) is 108 Å². The average Bonchev–Trinajstić information content (AvgIpc) is 3.07. The van der Waals surface area contributed by atoms with Crippen LogP contribution in [0, 0.1) is 0 Å². The SMILES string of the molecule is C1=CC2Oc3ccccc3C2C=C1c1ccc(Nc2ccccc2)cc1. The van der Waals surface area contributed by atoms with Crippen LogP contribution in [0.15, 0.2) is 97.1 Å². The Balaban J connectivity index is 1.40. The fourth-order valence-corrected chi connectivity index (χ4v) is 3.68. The molecule has 1 heterocycles. The third-order valence-electron chi connectivity index (χ3n) is 5.00. The normalized spacial score (nSPS) is 19.9. The molecule has 126 valence electrons. The van der Waals surface area contributed by atoms with Gasteiger partial charge < -0.3 is 10.1 Å². The number of benzene rings is 3. The van der Waals surface area contributed by atoms with E-state index < -0.39 is 0 Å². The van der Waals surface area contributed by atoms with E-state index in [0.717, 1.165) is 17.1 Å². The number of anilines is 2. The van der Waals surface area contributed by atoms with Crippen molar-refractivity contribution >= 4 is 16.9 Å². The Bertz CT molecular complexity index is 986. The highest BCUT2D eigenvalue weighted by Crippen LogP contribution is 2.43. The summed E-state index contributed by atoms with van der Waals surface area (Å²) in [6, 6.07) is 27.2. The maximum atomic E-state index is 6.04. The van der Waals surface area contributed by atoms with E-state index in [1.54, 1.807) is 0 Å². The highest BCUT2D eigenvalue weighted by atomic mass is 16.5. The fraction of sp³-hybridized carbons (Fsp3) is 0.0833. The summed E-state index contributed by atoms with van der Waals surface area (Å²) in [5.74, 6) is 1.31. The van der Waals surface area contributed by atoms with Gasteiger partial charge in [0.05, 0.1) is 0 Å². The second-order valence-corrected chi connectivity index (χ2v) is 6.70. The summed E-state index contributed by atoms with van der Waals surface area (Å²) < 4.78 is 6.04. The smallest absolute Gasteiger partial charge is 0.128 e. The molecule has 2 nitrogen and oxygen atoms in total.